The van der Waals surface area contributed by atoms with Gasteiger partial charge in [0.25, 0.3) is 0 Å². The first-order valence-corrected chi connectivity index (χ1v) is 13.6. The molecule has 2 atom stereocenters. The van der Waals surface area contributed by atoms with E-state index in [1.165, 1.54) is 9.91 Å². The first kappa shape index (κ1) is 27.8. The third-order valence-electron chi connectivity index (χ3n) is 7.18. The second-order valence-electron chi connectivity index (χ2n) is 9.93. The highest BCUT2D eigenvalue weighted by Crippen LogP contribution is 2.30. The summed E-state index contributed by atoms with van der Waals surface area (Å²) in [5, 5.41) is 16.7. The fourth-order valence-corrected chi connectivity index (χ4v) is 5.68. The van der Waals surface area contributed by atoms with E-state index in [9.17, 15) is 19.5 Å². The molecule has 0 radical (unpaired) electrons. The van der Waals surface area contributed by atoms with E-state index in [0.717, 1.165) is 11.1 Å². The van der Waals surface area contributed by atoms with Crippen molar-refractivity contribution in [1.82, 2.24) is 25.1 Å². The van der Waals surface area contributed by atoms with Crippen LogP contribution in [0.2, 0.25) is 10.0 Å². The Labute approximate surface area is 242 Å². The predicted octanol–water partition coefficient (Wildman–Crippen LogP) is 3.88. The molecule has 40 heavy (non-hydrogen) atoms. The van der Waals surface area contributed by atoms with Crippen molar-refractivity contribution in [2.45, 2.75) is 31.7 Å². The smallest absolute Gasteiger partial charge is 0.334 e. The van der Waals surface area contributed by atoms with E-state index in [1.807, 2.05) is 30.3 Å². The van der Waals surface area contributed by atoms with Crippen LogP contribution in [0.25, 0.3) is 0 Å². The highest BCUT2D eigenvalue weighted by molar-refractivity contribution is 6.35. The Morgan fingerprint density at radius 3 is 2.42 bits per heavy atom. The number of halogens is 2. The Morgan fingerprint density at radius 1 is 1.00 bits per heavy atom. The number of phenols is 1. The molecule has 0 spiro atoms. The van der Waals surface area contributed by atoms with Crippen LogP contribution in [-0.4, -0.2) is 75.1 Å². The third-order valence-corrected chi connectivity index (χ3v) is 7.76. The number of rotatable bonds is 6. The number of aromatic hydroxyl groups is 1. The molecule has 0 bridgehead atoms. The molecule has 3 aromatic rings. The zero-order chi connectivity index (χ0) is 28.4. The minimum Gasteiger partial charge on any atom is -0.508 e. The Hall–Kier alpha value is -3.79. The lowest BCUT2D eigenvalue weighted by Crippen LogP contribution is -2.76. The molecule has 4 amide bonds. The predicted molar refractivity (Wildman–Crippen MR) is 151 cm³/mol. The van der Waals surface area contributed by atoms with E-state index < -0.39 is 12.2 Å². The van der Waals surface area contributed by atoms with Gasteiger partial charge in [0, 0.05) is 36.6 Å². The van der Waals surface area contributed by atoms with Crippen molar-refractivity contribution in [2.75, 3.05) is 20.1 Å². The molecule has 11 heteroatoms. The number of urea groups is 1. The van der Waals surface area contributed by atoms with Crippen molar-refractivity contribution in [3.63, 3.8) is 0 Å². The van der Waals surface area contributed by atoms with Gasteiger partial charge in [0.1, 0.15) is 18.0 Å². The van der Waals surface area contributed by atoms with Gasteiger partial charge in [-0.3, -0.25) is 9.59 Å². The summed E-state index contributed by atoms with van der Waals surface area (Å²) in [6.07, 6.45) is -0.525. The second-order valence-corrected chi connectivity index (χ2v) is 10.8. The Kier molecular flexibility index (Phi) is 8.16. The topological polar surface area (TPSA) is 96.4 Å². The van der Waals surface area contributed by atoms with Gasteiger partial charge in [-0.2, -0.15) is 0 Å². The highest BCUT2D eigenvalue weighted by Gasteiger charge is 2.50. The molecule has 2 N–H and O–H groups in total. The van der Waals surface area contributed by atoms with Crippen LogP contribution >= 0.6 is 23.2 Å². The number of hydrazine groups is 1. The standard InChI is InChI=1S/C29H29Cl2N5O4/c1-33-18-27(38)35-25(13-19-7-11-23(37)12-8-19)28(39)34(16-21-9-10-22(30)14-24(21)31)17-26(35)36(33)29(40)32-15-20-5-3-2-4-6-20/h2-12,14,25-26,37H,13,15-18H2,1H3,(H,32,40)/t25-,26?/m0/s1. The molecule has 0 saturated carbocycles. The number of piperazine rings is 1. The second kappa shape index (κ2) is 11.8. The van der Waals surface area contributed by atoms with Gasteiger partial charge in [-0.1, -0.05) is 71.7 Å². The monoisotopic (exact) mass is 581 g/mol. The van der Waals surface area contributed by atoms with Crippen molar-refractivity contribution in [3.05, 3.63) is 99.5 Å². The lowest BCUT2D eigenvalue weighted by Gasteiger charge is -2.54. The minimum atomic E-state index is -0.861. The van der Waals surface area contributed by atoms with Crippen LogP contribution in [-0.2, 0) is 29.1 Å². The van der Waals surface area contributed by atoms with Gasteiger partial charge in [-0.25, -0.2) is 14.8 Å². The molecule has 1 unspecified atom stereocenters. The Bertz CT molecular complexity index is 1410. The third kappa shape index (κ3) is 5.86. The average Bonchev–Trinajstić information content (AvgIpc) is 2.92. The summed E-state index contributed by atoms with van der Waals surface area (Å²) in [6, 6.07) is 19.9. The van der Waals surface area contributed by atoms with Crippen molar-refractivity contribution >= 4 is 41.0 Å². The van der Waals surface area contributed by atoms with E-state index in [2.05, 4.69) is 5.32 Å². The number of hydrogen-bond donors (Lipinski definition) is 2. The maximum Gasteiger partial charge on any atom is 0.334 e. The first-order chi connectivity index (χ1) is 19.2. The molecular weight excluding hydrogens is 553 g/mol. The van der Waals surface area contributed by atoms with Crippen molar-refractivity contribution in [2.24, 2.45) is 0 Å². The number of hydrogen-bond acceptors (Lipinski definition) is 5. The zero-order valence-electron chi connectivity index (χ0n) is 21.8. The van der Waals surface area contributed by atoms with E-state index in [1.54, 1.807) is 59.4 Å². The zero-order valence-corrected chi connectivity index (χ0v) is 23.3. The summed E-state index contributed by atoms with van der Waals surface area (Å²) in [6.45, 7) is 0.531. The fourth-order valence-electron chi connectivity index (χ4n) is 5.21. The summed E-state index contributed by atoms with van der Waals surface area (Å²) in [5.41, 5.74) is 2.41. The van der Waals surface area contributed by atoms with E-state index in [-0.39, 0.29) is 49.7 Å². The summed E-state index contributed by atoms with van der Waals surface area (Å²) < 4.78 is 0. The summed E-state index contributed by atoms with van der Waals surface area (Å²) >= 11 is 12.5. The van der Waals surface area contributed by atoms with Gasteiger partial charge in [0.05, 0.1) is 13.1 Å². The van der Waals surface area contributed by atoms with Crippen LogP contribution in [0.15, 0.2) is 72.8 Å². The van der Waals surface area contributed by atoms with Gasteiger partial charge in [-0.15, -0.1) is 0 Å². The number of carbonyl (C=O) groups excluding carboxylic acids is 3. The Balaban J connectivity index is 1.47. The van der Waals surface area contributed by atoms with Crippen LogP contribution in [0.1, 0.15) is 16.7 Å². The number of benzene rings is 3. The lowest BCUT2D eigenvalue weighted by atomic mass is 9.98. The molecule has 0 aliphatic carbocycles. The number of likely N-dealkylation sites (N-methyl/N-ethyl adjacent to an activating group) is 1. The van der Waals surface area contributed by atoms with Crippen LogP contribution in [0.5, 0.6) is 5.75 Å². The summed E-state index contributed by atoms with van der Waals surface area (Å²) in [7, 11) is 1.68. The number of phenolic OH excluding ortho intramolecular Hbond substituents is 1. The number of carbonyl (C=O) groups is 3. The largest absolute Gasteiger partial charge is 0.508 e. The first-order valence-electron chi connectivity index (χ1n) is 12.8. The summed E-state index contributed by atoms with van der Waals surface area (Å²) in [4.78, 5) is 44.1. The minimum absolute atomic E-state index is 0.0579. The molecule has 5 rings (SSSR count). The van der Waals surface area contributed by atoms with Gasteiger partial charge < -0.3 is 20.2 Å². The van der Waals surface area contributed by atoms with Gasteiger partial charge in [0.2, 0.25) is 11.8 Å². The molecule has 208 valence electrons. The van der Waals surface area contributed by atoms with Gasteiger partial charge in [-0.05, 0) is 41.0 Å². The number of amides is 4. The fraction of sp³-hybridized carbons (Fsp3) is 0.276. The molecule has 2 heterocycles. The molecular formula is C29H29Cl2N5O4. The van der Waals surface area contributed by atoms with Crippen molar-refractivity contribution < 1.29 is 19.5 Å². The van der Waals surface area contributed by atoms with E-state index >= 15 is 0 Å². The molecule has 2 fully saturated rings. The lowest BCUT2D eigenvalue weighted by molar-refractivity contribution is -0.187. The SMILES string of the molecule is CN1CC(=O)N2C(CN(Cc3ccc(Cl)cc3Cl)C(=O)[C@@H]2Cc2ccc(O)cc2)N1C(=O)NCc1ccccc1. The normalized spacial score (nSPS) is 19.5. The van der Waals surface area contributed by atoms with Gasteiger partial charge in [0.15, 0.2) is 0 Å². The maximum atomic E-state index is 13.9. The molecule has 3 aromatic carbocycles. The van der Waals surface area contributed by atoms with Crippen LogP contribution < -0.4 is 5.32 Å². The Morgan fingerprint density at radius 2 is 1.73 bits per heavy atom. The maximum absolute atomic E-state index is 13.9. The average molecular weight is 582 g/mol. The van der Waals surface area contributed by atoms with Crippen LogP contribution in [0.3, 0.4) is 0 Å². The molecule has 2 aliphatic rings. The van der Waals surface area contributed by atoms with Crippen molar-refractivity contribution in [3.8, 4) is 5.75 Å². The van der Waals surface area contributed by atoms with E-state index in [0.29, 0.717) is 22.2 Å². The van der Waals surface area contributed by atoms with Crippen LogP contribution in [0.4, 0.5) is 4.79 Å². The summed E-state index contributed by atoms with van der Waals surface area (Å²) in [5.74, 6) is -0.397. The molecule has 9 nitrogen and oxygen atoms in total. The van der Waals surface area contributed by atoms with E-state index in [4.69, 9.17) is 23.2 Å². The van der Waals surface area contributed by atoms with Crippen molar-refractivity contribution in [1.29, 1.82) is 0 Å². The number of nitrogens with one attached hydrogen (secondary N) is 1. The van der Waals surface area contributed by atoms with Gasteiger partial charge >= 0.3 is 6.03 Å². The molecule has 2 saturated heterocycles. The molecule has 2 aliphatic heterocycles. The highest BCUT2D eigenvalue weighted by atomic mass is 35.5. The number of nitrogens with zero attached hydrogens (tertiary/aromatic N) is 4. The molecule has 0 aromatic heterocycles. The number of fused-ring (bicyclic) bond motifs is 1. The quantitative estimate of drug-likeness (QED) is 0.460. The van der Waals surface area contributed by atoms with Crippen LogP contribution in [0, 0.1) is 0 Å².